The van der Waals surface area contributed by atoms with Crippen LogP contribution in [0.25, 0.3) is 0 Å². The Morgan fingerprint density at radius 1 is 1.50 bits per heavy atom. The molecule has 0 saturated carbocycles. The average Bonchev–Trinajstić information content (AvgIpc) is 2.59. The highest BCUT2D eigenvalue weighted by Gasteiger charge is 2.30. The number of aromatic nitrogens is 2. The second-order valence-electron chi connectivity index (χ2n) is 4.86. The summed E-state index contributed by atoms with van der Waals surface area (Å²) in [6.07, 6.45) is 2.92. The summed E-state index contributed by atoms with van der Waals surface area (Å²) < 4.78 is 5.96. The third-order valence-corrected chi connectivity index (χ3v) is 3.40. The van der Waals surface area contributed by atoms with Crippen molar-refractivity contribution in [1.29, 1.82) is 0 Å². The molecule has 0 spiro atoms. The van der Waals surface area contributed by atoms with Crippen LogP contribution < -0.4 is 9.64 Å². The fourth-order valence-corrected chi connectivity index (χ4v) is 2.27. The number of hydrogen-bond acceptors (Lipinski definition) is 4. The van der Waals surface area contributed by atoms with Gasteiger partial charge in [0.15, 0.2) is 0 Å². The Labute approximate surface area is 104 Å². The maximum Gasteiger partial charge on any atom is 0.232 e. The van der Waals surface area contributed by atoms with Gasteiger partial charge in [-0.3, -0.25) is 0 Å². The molecule has 0 radical (unpaired) electrons. The maximum atomic E-state index is 5.17. The number of anilines is 1. The largest absolute Gasteiger partial charge is 0.480 e. The first-order chi connectivity index (χ1) is 7.52. The Morgan fingerprint density at radius 3 is 2.81 bits per heavy atom. The quantitative estimate of drug-likeness (QED) is 0.837. The van der Waals surface area contributed by atoms with Crippen LogP contribution in [0.5, 0.6) is 5.88 Å². The second kappa shape index (κ2) is 4.20. The van der Waals surface area contributed by atoms with Gasteiger partial charge in [0.2, 0.25) is 11.8 Å². The summed E-state index contributed by atoms with van der Waals surface area (Å²) in [5.74, 6) is 1.35. The lowest BCUT2D eigenvalue weighted by Gasteiger charge is -2.19. The summed E-state index contributed by atoms with van der Waals surface area (Å²) >= 11 is 3.35. The molecular formula is C11H16BrN3O. The zero-order valence-corrected chi connectivity index (χ0v) is 11.4. The van der Waals surface area contributed by atoms with Crippen LogP contribution in [0.1, 0.15) is 20.3 Å². The van der Waals surface area contributed by atoms with E-state index < -0.39 is 0 Å². The summed E-state index contributed by atoms with van der Waals surface area (Å²) in [6, 6.07) is 0. The SMILES string of the molecule is COc1nc(N2CCC(C)(C)C2)ncc1Br. The molecule has 1 aromatic rings. The van der Waals surface area contributed by atoms with E-state index in [0.29, 0.717) is 11.3 Å². The van der Waals surface area contributed by atoms with E-state index in [1.54, 1.807) is 13.3 Å². The van der Waals surface area contributed by atoms with Crippen LogP contribution in [-0.2, 0) is 0 Å². The average molecular weight is 286 g/mol. The smallest absolute Gasteiger partial charge is 0.232 e. The first-order valence-corrected chi connectivity index (χ1v) is 6.13. The van der Waals surface area contributed by atoms with Crippen LogP contribution >= 0.6 is 15.9 Å². The van der Waals surface area contributed by atoms with Gasteiger partial charge in [-0.15, -0.1) is 0 Å². The van der Waals surface area contributed by atoms with Gasteiger partial charge in [0.1, 0.15) is 0 Å². The molecule has 0 bridgehead atoms. The molecule has 1 fully saturated rings. The predicted molar refractivity (Wildman–Crippen MR) is 66.9 cm³/mol. The van der Waals surface area contributed by atoms with Gasteiger partial charge in [-0.05, 0) is 27.8 Å². The van der Waals surface area contributed by atoms with Gasteiger partial charge in [-0.1, -0.05) is 13.8 Å². The summed E-state index contributed by atoms with van der Waals surface area (Å²) in [5, 5.41) is 0. The van der Waals surface area contributed by atoms with Gasteiger partial charge in [0.25, 0.3) is 0 Å². The van der Waals surface area contributed by atoms with E-state index in [-0.39, 0.29) is 0 Å². The summed E-state index contributed by atoms with van der Waals surface area (Å²) in [4.78, 5) is 10.9. The first kappa shape index (κ1) is 11.6. The molecule has 0 aromatic carbocycles. The third kappa shape index (κ3) is 2.29. The van der Waals surface area contributed by atoms with Crippen molar-refractivity contribution in [2.75, 3.05) is 25.1 Å². The molecule has 0 N–H and O–H groups in total. The minimum Gasteiger partial charge on any atom is -0.480 e. The second-order valence-corrected chi connectivity index (χ2v) is 5.72. The molecule has 88 valence electrons. The van der Waals surface area contributed by atoms with Gasteiger partial charge in [0.05, 0.1) is 17.8 Å². The maximum absolute atomic E-state index is 5.17. The zero-order valence-electron chi connectivity index (χ0n) is 9.83. The molecule has 0 atom stereocenters. The van der Waals surface area contributed by atoms with Crippen molar-refractivity contribution in [3.63, 3.8) is 0 Å². The van der Waals surface area contributed by atoms with E-state index in [4.69, 9.17) is 4.74 Å². The van der Waals surface area contributed by atoms with Crippen molar-refractivity contribution in [2.24, 2.45) is 5.41 Å². The molecule has 5 heteroatoms. The van der Waals surface area contributed by atoms with E-state index in [0.717, 1.165) is 23.5 Å². The van der Waals surface area contributed by atoms with Crippen LogP contribution in [0.4, 0.5) is 5.95 Å². The van der Waals surface area contributed by atoms with Crippen molar-refractivity contribution in [3.8, 4) is 5.88 Å². The van der Waals surface area contributed by atoms with Gasteiger partial charge in [-0.2, -0.15) is 4.98 Å². The molecule has 2 heterocycles. The van der Waals surface area contributed by atoms with Gasteiger partial charge >= 0.3 is 0 Å². The lowest BCUT2D eigenvalue weighted by Crippen LogP contribution is -2.24. The molecule has 0 amide bonds. The Morgan fingerprint density at radius 2 is 2.25 bits per heavy atom. The Bertz CT molecular complexity index is 395. The summed E-state index contributed by atoms with van der Waals surface area (Å²) in [7, 11) is 1.62. The molecule has 0 aliphatic carbocycles. The topological polar surface area (TPSA) is 38.2 Å². The Hall–Kier alpha value is -0.840. The highest BCUT2D eigenvalue weighted by Crippen LogP contribution is 2.32. The fraction of sp³-hybridized carbons (Fsp3) is 0.636. The summed E-state index contributed by atoms with van der Waals surface area (Å²) in [5.41, 5.74) is 0.351. The Balaban J connectivity index is 2.22. The van der Waals surface area contributed by atoms with Crippen LogP contribution in [0, 0.1) is 5.41 Å². The standard InChI is InChI=1S/C11H16BrN3O/c1-11(2)4-5-15(7-11)10-13-6-8(12)9(14-10)16-3/h6H,4-5,7H2,1-3H3. The fourth-order valence-electron chi connectivity index (χ4n) is 1.92. The van der Waals surface area contributed by atoms with E-state index in [2.05, 4.69) is 44.6 Å². The lowest BCUT2D eigenvalue weighted by molar-refractivity contribution is 0.393. The number of nitrogens with zero attached hydrogens (tertiary/aromatic N) is 3. The molecule has 16 heavy (non-hydrogen) atoms. The van der Waals surface area contributed by atoms with E-state index in [1.165, 1.54) is 6.42 Å². The number of halogens is 1. The Kier molecular flexibility index (Phi) is 3.06. The third-order valence-electron chi connectivity index (χ3n) is 2.85. The molecule has 4 nitrogen and oxygen atoms in total. The molecule has 2 rings (SSSR count). The van der Waals surface area contributed by atoms with Crippen LogP contribution in [0.2, 0.25) is 0 Å². The predicted octanol–water partition coefficient (Wildman–Crippen LogP) is 2.48. The van der Waals surface area contributed by atoms with E-state index in [1.807, 2.05) is 0 Å². The van der Waals surface area contributed by atoms with Crippen molar-refractivity contribution in [3.05, 3.63) is 10.7 Å². The minimum absolute atomic E-state index is 0.351. The van der Waals surface area contributed by atoms with Gasteiger partial charge < -0.3 is 9.64 Å². The first-order valence-electron chi connectivity index (χ1n) is 5.33. The molecule has 1 aliphatic heterocycles. The molecule has 1 saturated heterocycles. The number of ether oxygens (including phenoxy) is 1. The molecule has 1 aromatic heterocycles. The number of hydrogen-bond donors (Lipinski definition) is 0. The number of rotatable bonds is 2. The van der Waals surface area contributed by atoms with Gasteiger partial charge in [-0.25, -0.2) is 4.98 Å². The van der Waals surface area contributed by atoms with Crippen molar-refractivity contribution < 1.29 is 4.74 Å². The van der Waals surface area contributed by atoms with Gasteiger partial charge in [0, 0.05) is 13.1 Å². The summed E-state index contributed by atoms with van der Waals surface area (Å²) in [6.45, 7) is 6.54. The number of methoxy groups -OCH3 is 1. The van der Waals surface area contributed by atoms with E-state index >= 15 is 0 Å². The normalized spacial score (nSPS) is 18.9. The van der Waals surface area contributed by atoms with E-state index in [9.17, 15) is 0 Å². The van der Waals surface area contributed by atoms with Crippen LogP contribution in [0.15, 0.2) is 10.7 Å². The lowest BCUT2D eigenvalue weighted by atomic mass is 9.93. The monoisotopic (exact) mass is 285 g/mol. The minimum atomic E-state index is 0.351. The molecular weight excluding hydrogens is 270 g/mol. The van der Waals surface area contributed by atoms with Crippen LogP contribution in [-0.4, -0.2) is 30.2 Å². The van der Waals surface area contributed by atoms with Crippen molar-refractivity contribution in [1.82, 2.24) is 9.97 Å². The van der Waals surface area contributed by atoms with Crippen LogP contribution in [0.3, 0.4) is 0 Å². The van der Waals surface area contributed by atoms with Crippen molar-refractivity contribution >= 4 is 21.9 Å². The molecule has 1 aliphatic rings. The highest BCUT2D eigenvalue weighted by atomic mass is 79.9. The van der Waals surface area contributed by atoms with Crippen molar-refractivity contribution in [2.45, 2.75) is 20.3 Å². The highest BCUT2D eigenvalue weighted by molar-refractivity contribution is 9.10. The zero-order chi connectivity index (χ0) is 11.8. The molecule has 0 unspecified atom stereocenters.